The number of nitrogens with one attached hydrogen (secondary N) is 1. The molecule has 1 fully saturated rings. The van der Waals surface area contributed by atoms with Crippen molar-refractivity contribution < 1.29 is 13.9 Å². The molecule has 0 radical (unpaired) electrons. The number of anilines is 1. The van der Waals surface area contributed by atoms with Crippen molar-refractivity contribution in [2.24, 2.45) is 5.92 Å². The van der Waals surface area contributed by atoms with E-state index in [1.165, 1.54) is 12.1 Å². The number of carbonyl (C=O) groups excluding carboxylic acids is 1. The third-order valence-electron chi connectivity index (χ3n) is 3.28. The summed E-state index contributed by atoms with van der Waals surface area (Å²) in [5.41, 5.74) is 0.719. The molecule has 1 saturated carbocycles. The molecule has 1 aliphatic carbocycles. The summed E-state index contributed by atoms with van der Waals surface area (Å²) in [4.78, 5) is 11.8. The molecule has 4 heteroatoms. The largest absolute Gasteiger partial charge is 0.466 e. The summed E-state index contributed by atoms with van der Waals surface area (Å²) in [5, 5.41) is 3.23. The second-order valence-corrected chi connectivity index (χ2v) is 4.55. The summed E-state index contributed by atoms with van der Waals surface area (Å²) in [7, 11) is 0. The third kappa shape index (κ3) is 3.00. The molecular weight excluding hydrogens is 233 g/mol. The summed E-state index contributed by atoms with van der Waals surface area (Å²) >= 11 is 0. The van der Waals surface area contributed by atoms with Gasteiger partial charge in [-0.15, -0.1) is 0 Å². The van der Waals surface area contributed by atoms with Crippen molar-refractivity contribution in [3.8, 4) is 0 Å². The lowest BCUT2D eigenvalue weighted by atomic mass is 10.0. The van der Waals surface area contributed by atoms with Gasteiger partial charge in [-0.05, 0) is 38.0 Å². The first-order valence-corrected chi connectivity index (χ1v) is 6.39. The molecule has 0 spiro atoms. The Morgan fingerprint density at radius 3 is 3.06 bits per heavy atom. The number of esters is 1. The van der Waals surface area contributed by atoms with Crippen LogP contribution in [-0.4, -0.2) is 18.6 Å². The van der Waals surface area contributed by atoms with E-state index in [1.54, 1.807) is 6.07 Å². The van der Waals surface area contributed by atoms with Gasteiger partial charge >= 0.3 is 5.97 Å². The van der Waals surface area contributed by atoms with Crippen LogP contribution in [0.3, 0.4) is 0 Å². The molecule has 2 atom stereocenters. The van der Waals surface area contributed by atoms with Crippen LogP contribution in [0.1, 0.15) is 26.2 Å². The van der Waals surface area contributed by atoms with Gasteiger partial charge in [-0.3, -0.25) is 4.79 Å². The fourth-order valence-electron chi connectivity index (χ4n) is 2.46. The molecule has 1 aromatic rings. The summed E-state index contributed by atoms with van der Waals surface area (Å²) in [6.45, 7) is 2.21. The van der Waals surface area contributed by atoms with E-state index in [2.05, 4.69) is 5.32 Å². The second-order valence-electron chi connectivity index (χ2n) is 4.55. The lowest BCUT2D eigenvalue weighted by molar-refractivity contribution is -0.147. The fraction of sp³-hybridized carbons (Fsp3) is 0.500. The van der Waals surface area contributed by atoms with E-state index in [9.17, 15) is 9.18 Å². The Kier molecular flexibility index (Phi) is 4.18. The topological polar surface area (TPSA) is 38.3 Å². The molecule has 0 unspecified atom stereocenters. The maximum atomic E-state index is 13.1. The van der Waals surface area contributed by atoms with Crippen LogP contribution < -0.4 is 5.32 Å². The van der Waals surface area contributed by atoms with Crippen LogP contribution in [0.2, 0.25) is 0 Å². The predicted octanol–water partition coefficient (Wildman–Crippen LogP) is 2.97. The molecule has 3 nitrogen and oxygen atoms in total. The van der Waals surface area contributed by atoms with Gasteiger partial charge in [-0.25, -0.2) is 4.39 Å². The van der Waals surface area contributed by atoms with Crippen molar-refractivity contribution in [3.05, 3.63) is 30.1 Å². The van der Waals surface area contributed by atoms with Crippen LogP contribution in [0.4, 0.5) is 10.1 Å². The van der Waals surface area contributed by atoms with Gasteiger partial charge < -0.3 is 10.1 Å². The lowest BCUT2D eigenvalue weighted by Gasteiger charge is -2.20. The van der Waals surface area contributed by atoms with E-state index in [0.717, 1.165) is 24.9 Å². The highest BCUT2D eigenvalue weighted by Gasteiger charge is 2.33. The van der Waals surface area contributed by atoms with Gasteiger partial charge in [-0.2, -0.15) is 0 Å². The zero-order valence-electron chi connectivity index (χ0n) is 10.5. The summed E-state index contributed by atoms with van der Waals surface area (Å²) in [5.74, 6) is -0.539. The van der Waals surface area contributed by atoms with Crippen LogP contribution in [0.15, 0.2) is 24.3 Å². The van der Waals surface area contributed by atoms with E-state index in [-0.39, 0.29) is 23.7 Å². The maximum absolute atomic E-state index is 13.1. The zero-order valence-corrected chi connectivity index (χ0v) is 10.5. The second kappa shape index (κ2) is 5.85. The molecule has 0 aliphatic heterocycles. The molecule has 2 rings (SSSR count). The SMILES string of the molecule is CCOC(=O)[C@H]1CCC[C@@H]1Nc1cccc(F)c1. The standard InChI is InChI=1S/C14H18FNO2/c1-2-18-14(17)12-7-4-8-13(12)16-11-6-3-5-10(15)9-11/h3,5-6,9,12-13,16H,2,4,7-8H2,1H3/t12-,13-/m0/s1. The molecule has 98 valence electrons. The summed E-state index contributed by atoms with van der Waals surface area (Å²) < 4.78 is 18.2. The van der Waals surface area contributed by atoms with Crippen molar-refractivity contribution in [2.75, 3.05) is 11.9 Å². The van der Waals surface area contributed by atoms with Gasteiger partial charge in [0.25, 0.3) is 0 Å². The Morgan fingerprint density at radius 2 is 2.33 bits per heavy atom. The van der Waals surface area contributed by atoms with E-state index in [0.29, 0.717) is 6.61 Å². The van der Waals surface area contributed by atoms with Crippen LogP contribution in [-0.2, 0) is 9.53 Å². The first kappa shape index (κ1) is 12.9. The van der Waals surface area contributed by atoms with Crippen molar-refractivity contribution in [1.82, 2.24) is 0 Å². The normalized spacial score (nSPS) is 22.8. The zero-order chi connectivity index (χ0) is 13.0. The number of halogens is 1. The van der Waals surface area contributed by atoms with Gasteiger partial charge in [0.15, 0.2) is 0 Å². The summed E-state index contributed by atoms with van der Waals surface area (Å²) in [6.07, 6.45) is 2.75. The van der Waals surface area contributed by atoms with Crippen LogP contribution in [0.5, 0.6) is 0 Å². The average molecular weight is 251 g/mol. The first-order valence-electron chi connectivity index (χ1n) is 6.39. The Morgan fingerprint density at radius 1 is 1.50 bits per heavy atom. The van der Waals surface area contributed by atoms with Gasteiger partial charge in [0, 0.05) is 11.7 Å². The number of ether oxygens (including phenoxy) is 1. The Hall–Kier alpha value is -1.58. The highest BCUT2D eigenvalue weighted by Crippen LogP contribution is 2.29. The number of hydrogen-bond acceptors (Lipinski definition) is 3. The smallest absolute Gasteiger partial charge is 0.311 e. The minimum atomic E-state index is -0.273. The Bertz CT molecular complexity index is 422. The molecular formula is C14H18FNO2. The van der Waals surface area contributed by atoms with Crippen molar-refractivity contribution >= 4 is 11.7 Å². The van der Waals surface area contributed by atoms with E-state index in [1.807, 2.05) is 13.0 Å². The van der Waals surface area contributed by atoms with Crippen molar-refractivity contribution in [3.63, 3.8) is 0 Å². The van der Waals surface area contributed by atoms with Gasteiger partial charge in [0.05, 0.1) is 12.5 Å². The van der Waals surface area contributed by atoms with Gasteiger partial charge in [-0.1, -0.05) is 12.5 Å². The molecule has 0 aromatic heterocycles. The highest BCUT2D eigenvalue weighted by molar-refractivity contribution is 5.74. The molecule has 0 amide bonds. The number of carbonyl (C=O) groups is 1. The number of hydrogen-bond donors (Lipinski definition) is 1. The lowest BCUT2D eigenvalue weighted by Crippen LogP contribution is -2.31. The van der Waals surface area contributed by atoms with E-state index in [4.69, 9.17) is 4.74 Å². The Balaban J connectivity index is 2.01. The number of rotatable bonds is 4. The van der Waals surface area contributed by atoms with Crippen LogP contribution >= 0.6 is 0 Å². The predicted molar refractivity (Wildman–Crippen MR) is 67.8 cm³/mol. The average Bonchev–Trinajstić information content (AvgIpc) is 2.77. The van der Waals surface area contributed by atoms with Crippen LogP contribution in [0, 0.1) is 11.7 Å². The van der Waals surface area contributed by atoms with Crippen molar-refractivity contribution in [1.29, 1.82) is 0 Å². The first-order chi connectivity index (χ1) is 8.70. The highest BCUT2D eigenvalue weighted by atomic mass is 19.1. The van der Waals surface area contributed by atoms with Crippen LogP contribution in [0.25, 0.3) is 0 Å². The van der Waals surface area contributed by atoms with Gasteiger partial charge in [0.2, 0.25) is 0 Å². The molecule has 0 heterocycles. The number of benzene rings is 1. The molecule has 1 aromatic carbocycles. The maximum Gasteiger partial charge on any atom is 0.311 e. The molecule has 0 saturated heterocycles. The quantitative estimate of drug-likeness (QED) is 0.836. The molecule has 0 bridgehead atoms. The fourth-order valence-corrected chi connectivity index (χ4v) is 2.46. The Labute approximate surface area is 106 Å². The monoisotopic (exact) mass is 251 g/mol. The van der Waals surface area contributed by atoms with E-state index < -0.39 is 0 Å². The van der Waals surface area contributed by atoms with E-state index >= 15 is 0 Å². The minimum absolute atomic E-state index is 0.0471. The molecule has 1 aliphatic rings. The van der Waals surface area contributed by atoms with Crippen molar-refractivity contribution in [2.45, 2.75) is 32.2 Å². The molecule has 18 heavy (non-hydrogen) atoms. The third-order valence-corrected chi connectivity index (χ3v) is 3.28. The van der Waals surface area contributed by atoms with Gasteiger partial charge in [0.1, 0.15) is 5.82 Å². The minimum Gasteiger partial charge on any atom is -0.466 e. The summed E-state index contributed by atoms with van der Waals surface area (Å²) in [6, 6.07) is 6.37. The molecule has 1 N–H and O–H groups in total.